The van der Waals surface area contributed by atoms with Gasteiger partial charge < -0.3 is 5.32 Å². The third-order valence-corrected chi connectivity index (χ3v) is 5.34. The summed E-state index contributed by atoms with van der Waals surface area (Å²) >= 11 is 6.05. The van der Waals surface area contributed by atoms with E-state index in [-0.39, 0.29) is 12.1 Å². The fourth-order valence-electron chi connectivity index (χ4n) is 3.69. The van der Waals surface area contributed by atoms with Crippen LogP contribution in [0, 0.1) is 6.92 Å². The van der Waals surface area contributed by atoms with Crippen molar-refractivity contribution in [2.45, 2.75) is 26.4 Å². The Morgan fingerprint density at radius 3 is 2.48 bits per heavy atom. The quantitative estimate of drug-likeness (QED) is 0.607. The molecule has 1 heterocycles. The van der Waals surface area contributed by atoms with E-state index in [0.717, 1.165) is 28.9 Å². The maximum Gasteiger partial charge on any atom is 0.260 e. The molecule has 1 unspecified atom stereocenters. The van der Waals surface area contributed by atoms with Gasteiger partial charge in [0.05, 0.1) is 0 Å². The van der Waals surface area contributed by atoms with Crippen LogP contribution in [0.5, 0.6) is 0 Å². The summed E-state index contributed by atoms with van der Waals surface area (Å²) in [5.41, 5.74) is 6.04. The number of para-hydroxylation sites is 1. The summed E-state index contributed by atoms with van der Waals surface area (Å²) in [6, 6.07) is 21.5. The smallest absolute Gasteiger partial charge is 0.260 e. The van der Waals surface area contributed by atoms with Gasteiger partial charge in [0.2, 0.25) is 0 Å². The van der Waals surface area contributed by atoms with Crippen LogP contribution < -0.4 is 10.2 Å². The monoisotopic (exact) mass is 376 g/mol. The summed E-state index contributed by atoms with van der Waals surface area (Å²) in [4.78, 5) is 15.0. The van der Waals surface area contributed by atoms with Gasteiger partial charge in [0, 0.05) is 27.5 Å². The summed E-state index contributed by atoms with van der Waals surface area (Å²) in [5.74, 6) is -0.00273. The normalized spacial score (nSPS) is 15.7. The van der Waals surface area contributed by atoms with E-state index in [1.165, 1.54) is 11.1 Å². The predicted octanol–water partition coefficient (Wildman–Crippen LogP) is 5.98. The van der Waals surface area contributed by atoms with Gasteiger partial charge in [0.25, 0.3) is 5.91 Å². The molecule has 0 spiro atoms. The molecule has 1 aliphatic rings. The van der Waals surface area contributed by atoms with Gasteiger partial charge in [0.15, 0.2) is 0 Å². The minimum atomic E-state index is -0.263. The highest BCUT2D eigenvalue weighted by molar-refractivity contribution is 6.30. The minimum Gasteiger partial charge on any atom is -0.361 e. The molecule has 0 fully saturated rings. The summed E-state index contributed by atoms with van der Waals surface area (Å²) in [5, 5.41) is 4.30. The Morgan fingerprint density at radius 1 is 1.00 bits per heavy atom. The van der Waals surface area contributed by atoms with E-state index in [9.17, 15) is 4.79 Å². The topological polar surface area (TPSA) is 32.3 Å². The Balaban J connectivity index is 1.82. The van der Waals surface area contributed by atoms with Crippen LogP contribution in [0.25, 0.3) is 0 Å². The molecule has 27 heavy (non-hydrogen) atoms. The molecule has 1 aliphatic heterocycles. The van der Waals surface area contributed by atoms with Gasteiger partial charge in [-0.1, -0.05) is 54.9 Å². The Morgan fingerprint density at radius 2 is 1.74 bits per heavy atom. The molecule has 3 nitrogen and oxygen atoms in total. The maximum atomic E-state index is 13.2. The molecule has 0 aromatic heterocycles. The zero-order valence-electron chi connectivity index (χ0n) is 15.4. The van der Waals surface area contributed by atoms with Crippen LogP contribution in [0.3, 0.4) is 0 Å². The number of rotatable bonds is 4. The number of aryl methyl sites for hydroxylation is 2. The van der Waals surface area contributed by atoms with Crippen LogP contribution in [0.1, 0.15) is 40.1 Å². The second kappa shape index (κ2) is 7.09. The largest absolute Gasteiger partial charge is 0.361 e. The number of amides is 1. The minimum absolute atomic E-state index is 0.00273. The molecule has 0 aliphatic carbocycles. The number of halogens is 1. The number of hydrogen-bond donors (Lipinski definition) is 1. The summed E-state index contributed by atoms with van der Waals surface area (Å²) in [6.45, 7) is 4.24. The molecule has 0 bridgehead atoms. The first kappa shape index (κ1) is 17.6. The van der Waals surface area contributed by atoms with Crippen LogP contribution >= 0.6 is 11.6 Å². The van der Waals surface area contributed by atoms with Crippen molar-refractivity contribution in [3.8, 4) is 0 Å². The van der Waals surface area contributed by atoms with Gasteiger partial charge in [-0.25, -0.2) is 0 Å². The lowest BCUT2D eigenvalue weighted by atomic mass is 10.0. The van der Waals surface area contributed by atoms with E-state index in [4.69, 9.17) is 11.6 Å². The van der Waals surface area contributed by atoms with E-state index in [0.29, 0.717) is 5.02 Å². The molecular weight excluding hydrogens is 356 g/mol. The highest BCUT2D eigenvalue weighted by Crippen LogP contribution is 2.39. The molecular formula is C23H21ClN2O. The number of carbonyl (C=O) groups is 1. The van der Waals surface area contributed by atoms with Crippen molar-refractivity contribution in [3.05, 3.63) is 94.0 Å². The fraction of sp³-hybridized carbons (Fsp3) is 0.174. The van der Waals surface area contributed by atoms with Crippen molar-refractivity contribution in [1.29, 1.82) is 0 Å². The lowest BCUT2D eigenvalue weighted by Gasteiger charge is -2.29. The van der Waals surface area contributed by atoms with Crippen LogP contribution in [0.15, 0.2) is 66.7 Å². The third-order valence-electron chi connectivity index (χ3n) is 5.09. The Kier molecular flexibility index (Phi) is 4.63. The van der Waals surface area contributed by atoms with Gasteiger partial charge in [0.1, 0.15) is 6.17 Å². The van der Waals surface area contributed by atoms with E-state index >= 15 is 0 Å². The van der Waals surface area contributed by atoms with Crippen LogP contribution in [0.2, 0.25) is 5.02 Å². The van der Waals surface area contributed by atoms with E-state index < -0.39 is 0 Å². The number of nitrogens with zero attached hydrogens (tertiary/aromatic N) is 1. The molecule has 0 radical (unpaired) electrons. The summed E-state index contributed by atoms with van der Waals surface area (Å²) in [7, 11) is 0. The summed E-state index contributed by atoms with van der Waals surface area (Å²) in [6.07, 6.45) is 0.661. The number of nitrogens with one attached hydrogen (secondary N) is 1. The standard InChI is InChI=1S/C23H21ClN2O/c1-3-16-8-6-7-15(2)21(16)25-22-19-9-4-5-10-20(19)23(27)26(22)18-13-11-17(24)12-14-18/h4-14,22,25H,3H2,1-2H3. The molecule has 0 saturated carbocycles. The first-order valence-corrected chi connectivity index (χ1v) is 9.51. The van der Waals surface area contributed by atoms with E-state index in [1.807, 2.05) is 53.4 Å². The molecule has 1 atom stereocenters. The van der Waals surface area contributed by atoms with Crippen molar-refractivity contribution in [3.63, 3.8) is 0 Å². The molecule has 3 aromatic rings. The van der Waals surface area contributed by atoms with Crippen LogP contribution in [-0.2, 0) is 6.42 Å². The van der Waals surface area contributed by atoms with Crippen molar-refractivity contribution in [2.24, 2.45) is 0 Å². The van der Waals surface area contributed by atoms with Crippen molar-refractivity contribution in [2.75, 3.05) is 10.2 Å². The van der Waals surface area contributed by atoms with Gasteiger partial charge in [-0.2, -0.15) is 0 Å². The predicted molar refractivity (Wildman–Crippen MR) is 112 cm³/mol. The molecule has 136 valence electrons. The molecule has 0 saturated heterocycles. The number of hydrogen-bond acceptors (Lipinski definition) is 2. The molecule has 4 heteroatoms. The van der Waals surface area contributed by atoms with Crippen molar-refractivity contribution in [1.82, 2.24) is 0 Å². The molecule has 4 rings (SSSR count). The van der Waals surface area contributed by atoms with E-state index in [2.05, 4.69) is 37.4 Å². The van der Waals surface area contributed by atoms with Crippen molar-refractivity contribution >= 4 is 28.9 Å². The Labute approximate surface area is 164 Å². The molecule has 3 aromatic carbocycles. The average Bonchev–Trinajstić information content (AvgIpc) is 2.96. The first-order valence-electron chi connectivity index (χ1n) is 9.13. The molecule has 1 N–H and O–H groups in total. The number of fused-ring (bicyclic) bond motifs is 1. The summed E-state index contributed by atoms with van der Waals surface area (Å²) < 4.78 is 0. The van der Waals surface area contributed by atoms with Gasteiger partial charge >= 0.3 is 0 Å². The second-order valence-corrected chi connectivity index (χ2v) is 7.18. The highest BCUT2D eigenvalue weighted by atomic mass is 35.5. The fourth-order valence-corrected chi connectivity index (χ4v) is 3.82. The van der Waals surface area contributed by atoms with E-state index in [1.54, 1.807) is 0 Å². The zero-order valence-corrected chi connectivity index (χ0v) is 16.1. The number of anilines is 2. The Hall–Kier alpha value is -2.78. The maximum absolute atomic E-state index is 13.2. The number of carbonyl (C=O) groups excluding carboxylic acids is 1. The SMILES string of the molecule is CCc1cccc(C)c1NC1c2ccccc2C(=O)N1c1ccc(Cl)cc1. The number of benzene rings is 3. The lowest BCUT2D eigenvalue weighted by Crippen LogP contribution is -2.32. The van der Waals surface area contributed by atoms with Crippen LogP contribution in [-0.4, -0.2) is 5.91 Å². The van der Waals surface area contributed by atoms with Gasteiger partial charge in [-0.05, 0) is 54.8 Å². The second-order valence-electron chi connectivity index (χ2n) is 6.75. The average molecular weight is 377 g/mol. The Bertz CT molecular complexity index is 998. The highest BCUT2D eigenvalue weighted by Gasteiger charge is 2.37. The van der Waals surface area contributed by atoms with Gasteiger partial charge in [-0.3, -0.25) is 9.69 Å². The molecule has 1 amide bonds. The van der Waals surface area contributed by atoms with Crippen molar-refractivity contribution < 1.29 is 4.79 Å². The van der Waals surface area contributed by atoms with Crippen LogP contribution in [0.4, 0.5) is 11.4 Å². The lowest BCUT2D eigenvalue weighted by molar-refractivity contribution is 0.0993. The zero-order chi connectivity index (χ0) is 19.0. The van der Waals surface area contributed by atoms with Gasteiger partial charge in [-0.15, -0.1) is 0 Å². The first-order chi connectivity index (χ1) is 13.1. The third kappa shape index (κ3) is 3.08.